The molecule has 0 aliphatic carbocycles. The molecule has 1 atom stereocenters. The van der Waals surface area contributed by atoms with Crippen LogP contribution in [0.15, 0.2) is 43.0 Å². The van der Waals surface area contributed by atoms with Crippen molar-refractivity contribution in [2.45, 2.75) is 19.9 Å². The van der Waals surface area contributed by atoms with E-state index < -0.39 is 11.5 Å². The highest BCUT2D eigenvalue weighted by molar-refractivity contribution is 5.87. The van der Waals surface area contributed by atoms with Crippen LogP contribution in [0, 0.1) is 5.41 Å². The molecule has 1 saturated heterocycles. The summed E-state index contributed by atoms with van der Waals surface area (Å²) >= 11 is 0. The number of para-hydroxylation sites is 1. The Morgan fingerprint density at radius 2 is 2.05 bits per heavy atom. The maximum atomic E-state index is 12.5. The first-order valence-electron chi connectivity index (χ1n) is 6.41. The summed E-state index contributed by atoms with van der Waals surface area (Å²) in [5.41, 5.74) is 0.480. The number of hydrogen-bond donors (Lipinski definition) is 1. The predicted molar refractivity (Wildman–Crippen MR) is 75.5 cm³/mol. The Morgan fingerprint density at radius 1 is 1.42 bits per heavy atom. The lowest BCUT2D eigenvalue weighted by molar-refractivity contribution is -0.136. The molecule has 0 unspecified atom stereocenters. The van der Waals surface area contributed by atoms with Crippen molar-refractivity contribution in [1.82, 2.24) is 5.01 Å². The molecule has 2 rings (SSSR count). The number of carbonyl (C=O) groups excluding carboxylic acids is 1. The number of aliphatic hydroxyl groups is 1. The standard InChI is InChI=1S/C15H20N2O2/c1-4-12(10-18)17-14(19)15(2,3)11-16(17)13-8-6-5-7-9-13/h4-9,12,18H,1,10-11H2,2-3H3/t12-/m1/s1. The van der Waals surface area contributed by atoms with E-state index in [9.17, 15) is 9.90 Å². The van der Waals surface area contributed by atoms with Crippen molar-refractivity contribution in [3.8, 4) is 0 Å². The van der Waals surface area contributed by atoms with E-state index in [4.69, 9.17) is 0 Å². The summed E-state index contributed by atoms with van der Waals surface area (Å²) in [5.74, 6) is 0.00954. The van der Waals surface area contributed by atoms with E-state index in [1.165, 1.54) is 0 Å². The van der Waals surface area contributed by atoms with Crippen LogP contribution in [0.1, 0.15) is 13.8 Å². The van der Waals surface area contributed by atoms with Crippen LogP contribution in [0.4, 0.5) is 5.69 Å². The fourth-order valence-corrected chi connectivity index (χ4v) is 2.34. The fourth-order valence-electron chi connectivity index (χ4n) is 2.34. The van der Waals surface area contributed by atoms with E-state index in [0.29, 0.717) is 6.54 Å². The van der Waals surface area contributed by atoms with Crippen LogP contribution < -0.4 is 5.01 Å². The lowest BCUT2D eigenvalue weighted by atomic mass is 9.94. The van der Waals surface area contributed by atoms with Crippen LogP contribution >= 0.6 is 0 Å². The molecule has 102 valence electrons. The Labute approximate surface area is 113 Å². The number of hydrogen-bond acceptors (Lipinski definition) is 3. The zero-order chi connectivity index (χ0) is 14.0. The van der Waals surface area contributed by atoms with E-state index in [-0.39, 0.29) is 12.5 Å². The summed E-state index contributed by atoms with van der Waals surface area (Å²) in [6.07, 6.45) is 1.61. The predicted octanol–water partition coefficient (Wildman–Crippen LogP) is 1.82. The van der Waals surface area contributed by atoms with Gasteiger partial charge < -0.3 is 5.11 Å². The Hall–Kier alpha value is -1.81. The third-order valence-electron chi connectivity index (χ3n) is 3.42. The molecule has 1 aliphatic heterocycles. The minimum absolute atomic E-state index is 0.00954. The van der Waals surface area contributed by atoms with Gasteiger partial charge in [-0.2, -0.15) is 0 Å². The summed E-state index contributed by atoms with van der Waals surface area (Å²) in [7, 11) is 0. The van der Waals surface area contributed by atoms with Gasteiger partial charge in [0.15, 0.2) is 0 Å². The largest absolute Gasteiger partial charge is 0.394 e. The normalized spacial score (nSPS) is 19.6. The van der Waals surface area contributed by atoms with Gasteiger partial charge in [-0.1, -0.05) is 24.3 Å². The summed E-state index contributed by atoms with van der Waals surface area (Å²) < 4.78 is 0. The molecule has 1 heterocycles. The number of nitrogens with zero attached hydrogens (tertiary/aromatic N) is 2. The number of amides is 1. The average Bonchev–Trinajstić information content (AvgIpc) is 2.65. The van der Waals surface area contributed by atoms with Crippen molar-refractivity contribution in [3.63, 3.8) is 0 Å². The van der Waals surface area contributed by atoms with Crippen LogP contribution in [0.25, 0.3) is 0 Å². The maximum Gasteiger partial charge on any atom is 0.249 e. The van der Waals surface area contributed by atoms with Crippen molar-refractivity contribution < 1.29 is 9.90 Å². The first-order valence-corrected chi connectivity index (χ1v) is 6.41. The van der Waals surface area contributed by atoms with E-state index >= 15 is 0 Å². The lowest BCUT2D eigenvalue weighted by Gasteiger charge is -2.33. The van der Waals surface area contributed by atoms with Gasteiger partial charge in [0.2, 0.25) is 5.91 Å². The Morgan fingerprint density at radius 3 is 2.58 bits per heavy atom. The molecule has 1 N–H and O–H groups in total. The lowest BCUT2D eigenvalue weighted by Crippen LogP contribution is -2.47. The minimum atomic E-state index is -0.466. The summed E-state index contributed by atoms with van der Waals surface area (Å²) in [6.45, 7) is 8.01. The molecular formula is C15H20N2O2. The van der Waals surface area contributed by atoms with Crippen molar-refractivity contribution in [2.24, 2.45) is 5.41 Å². The van der Waals surface area contributed by atoms with Gasteiger partial charge >= 0.3 is 0 Å². The van der Waals surface area contributed by atoms with Gasteiger partial charge in [0.05, 0.1) is 30.3 Å². The van der Waals surface area contributed by atoms with Crippen LogP contribution in [-0.4, -0.2) is 35.2 Å². The molecule has 1 fully saturated rings. The monoisotopic (exact) mass is 260 g/mol. The topological polar surface area (TPSA) is 43.8 Å². The van der Waals surface area contributed by atoms with Crippen LogP contribution in [-0.2, 0) is 4.79 Å². The molecule has 4 heteroatoms. The molecule has 0 aromatic heterocycles. The number of hydrazine groups is 1. The third kappa shape index (κ3) is 2.36. The first kappa shape index (κ1) is 13.6. The molecule has 4 nitrogen and oxygen atoms in total. The zero-order valence-electron chi connectivity index (χ0n) is 11.4. The van der Waals surface area contributed by atoms with Crippen LogP contribution in [0.2, 0.25) is 0 Å². The highest BCUT2D eigenvalue weighted by Gasteiger charge is 2.46. The fraction of sp³-hybridized carbons (Fsp3) is 0.400. The maximum absolute atomic E-state index is 12.5. The Balaban J connectivity index is 2.40. The van der Waals surface area contributed by atoms with Gasteiger partial charge in [0.25, 0.3) is 0 Å². The van der Waals surface area contributed by atoms with E-state index in [0.717, 1.165) is 5.69 Å². The van der Waals surface area contributed by atoms with E-state index in [2.05, 4.69) is 6.58 Å². The summed E-state index contributed by atoms with van der Waals surface area (Å²) in [4.78, 5) is 12.5. The highest BCUT2D eigenvalue weighted by atomic mass is 16.3. The molecule has 0 radical (unpaired) electrons. The van der Waals surface area contributed by atoms with Gasteiger partial charge in [0.1, 0.15) is 0 Å². The van der Waals surface area contributed by atoms with Crippen molar-refractivity contribution in [3.05, 3.63) is 43.0 Å². The third-order valence-corrected chi connectivity index (χ3v) is 3.42. The number of aliphatic hydroxyl groups excluding tert-OH is 1. The number of carbonyl (C=O) groups is 1. The number of anilines is 1. The van der Waals surface area contributed by atoms with Crippen molar-refractivity contribution >= 4 is 11.6 Å². The second-order valence-electron chi connectivity index (χ2n) is 5.41. The Bertz CT molecular complexity index is 470. The van der Waals surface area contributed by atoms with E-state index in [1.807, 2.05) is 49.2 Å². The molecule has 1 aromatic rings. The van der Waals surface area contributed by atoms with Crippen molar-refractivity contribution in [2.75, 3.05) is 18.2 Å². The van der Waals surface area contributed by atoms with Gasteiger partial charge in [-0.05, 0) is 26.0 Å². The van der Waals surface area contributed by atoms with E-state index in [1.54, 1.807) is 11.1 Å². The molecule has 1 amide bonds. The highest BCUT2D eigenvalue weighted by Crippen LogP contribution is 2.34. The van der Waals surface area contributed by atoms with Crippen LogP contribution in [0.5, 0.6) is 0 Å². The van der Waals surface area contributed by atoms with Gasteiger partial charge in [-0.25, -0.2) is 5.01 Å². The molecule has 1 aliphatic rings. The first-order chi connectivity index (χ1) is 9.01. The van der Waals surface area contributed by atoms with Gasteiger partial charge in [-0.3, -0.25) is 9.80 Å². The van der Waals surface area contributed by atoms with Gasteiger partial charge in [-0.15, -0.1) is 6.58 Å². The number of rotatable bonds is 4. The summed E-state index contributed by atoms with van der Waals surface area (Å²) in [5, 5.41) is 13.0. The van der Waals surface area contributed by atoms with Crippen molar-refractivity contribution in [1.29, 1.82) is 0 Å². The molecule has 19 heavy (non-hydrogen) atoms. The smallest absolute Gasteiger partial charge is 0.249 e. The second-order valence-corrected chi connectivity index (χ2v) is 5.41. The SMILES string of the molecule is C=C[C@H](CO)N1C(=O)C(C)(C)CN1c1ccccc1. The molecule has 0 bridgehead atoms. The molecule has 0 spiro atoms. The zero-order valence-corrected chi connectivity index (χ0v) is 11.4. The number of benzene rings is 1. The molecule has 0 saturated carbocycles. The van der Waals surface area contributed by atoms with Gasteiger partial charge in [0, 0.05) is 0 Å². The minimum Gasteiger partial charge on any atom is -0.394 e. The van der Waals surface area contributed by atoms with Crippen LogP contribution in [0.3, 0.4) is 0 Å². The second kappa shape index (κ2) is 5.05. The average molecular weight is 260 g/mol. The molecule has 1 aromatic carbocycles. The quantitative estimate of drug-likeness (QED) is 0.840. The Kier molecular flexibility index (Phi) is 3.62. The summed E-state index contributed by atoms with van der Waals surface area (Å²) in [6, 6.07) is 9.33. The molecular weight excluding hydrogens is 240 g/mol.